The number of methoxy groups -OCH3 is 1. The van der Waals surface area contributed by atoms with E-state index in [1.807, 2.05) is 13.8 Å². The standard InChI is InChI=1S/C25H33N3O5/c1-17-22(14-15-24(30)32-3)18(2)28(27-17)21-12-10-19(11-13-21)25(31)33-16-23(29)26-20-8-6-4-5-7-9-20/h10-13,20H,4-9,14-16H2,1-3H3,(H,26,29). The van der Waals surface area contributed by atoms with Crippen molar-refractivity contribution in [3.63, 3.8) is 0 Å². The molecular weight excluding hydrogens is 422 g/mol. The van der Waals surface area contributed by atoms with Crippen LogP contribution in [0, 0.1) is 13.8 Å². The summed E-state index contributed by atoms with van der Waals surface area (Å²) in [6.45, 7) is 3.57. The van der Waals surface area contributed by atoms with Gasteiger partial charge in [0.25, 0.3) is 5.91 Å². The monoisotopic (exact) mass is 455 g/mol. The summed E-state index contributed by atoms with van der Waals surface area (Å²) < 4.78 is 11.7. The van der Waals surface area contributed by atoms with Crippen LogP contribution in [0.4, 0.5) is 0 Å². The van der Waals surface area contributed by atoms with Gasteiger partial charge in [0.2, 0.25) is 0 Å². The second-order valence-electron chi connectivity index (χ2n) is 8.52. The van der Waals surface area contributed by atoms with Gasteiger partial charge in [-0.2, -0.15) is 5.10 Å². The number of nitrogens with one attached hydrogen (secondary N) is 1. The van der Waals surface area contributed by atoms with Crippen molar-refractivity contribution in [3.8, 4) is 5.69 Å². The summed E-state index contributed by atoms with van der Waals surface area (Å²) in [6, 6.07) is 7.06. The highest BCUT2D eigenvalue weighted by molar-refractivity contribution is 5.91. The van der Waals surface area contributed by atoms with Gasteiger partial charge in [-0.1, -0.05) is 25.7 Å². The molecule has 3 rings (SSSR count). The van der Waals surface area contributed by atoms with E-state index in [-0.39, 0.29) is 24.5 Å². The average Bonchev–Trinajstić information content (AvgIpc) is 2.97. The van der Waals surface area contributed by atoms with Gasteiger partial charge in [0.05, 0.1) is 24.1 Å². The molecule has 1 aromatic heterocycles. The van der Waals surface area contributed by atoms with Gasteiger partial charge in [0.1, 0.15) is 0 Å². The Kier molecular flexibility index (Phi) is 8.63. The molecule has 1 heterocycles. The zero-order valence-corrected chi connectivity index (χ0v) is 19.7. The van der Waals surface area contributed by atoms with Gasteiger partial charge >= 0.3 is 11.9 Å². The van der Waals surface area contributed by atoms with Gasteiger partial charge < -0.3 is 14.8 Å². The predicted octanol–water partition coefficient (Wildman–Crippen LogP) is 3.59. The fraction of sp³-hybridized carbons (Fsp3) is 0.520. The number of hydrogen-bond acceptors (Lipinski definition) is 6. The molecule has 0 aliphatic heterocycles. The molecule has 178 valence electrons. The molecule has 1 fully saturated rings. The van der Waals surface area contributed by atoms with Crippen molar-refractivity contribution >= 4 is 17.8 Å². The van der Waals surface area contributed by atoms with Crippen LogP contribution in [-0.2, 0) is 25.5 Å². The van der Waals surface area contributed by atoms with Gasteiger partial charge in [0.15, 0.2) is 6.61 Å². The number of nitrogens with zero attached hydrogens (tertiary/aromatic N) is 2. The van der Waals surface area contributed by atoms with E-state index in [0.29, 0.717) is 18.4 Å². The second kappa shape index (κ2) is 11.6. The summed E-state index contributed by atoms with van der Waals surface area (Å²) in [5.74, 6) is -1.05. The van der Waals surface area contributed by atoms with Crippen LogP contribution in [0.5, 0.6) is 0 Å². The van der Waals surface area contributed by atoms with Crippen LogP contribution >= 0.6 is 0 Å². The molecule has 1 aromatic carbocycles. The van der Waals surface area contributed by atoms with E-state index in [1.54, 1.807) is 28.9 Å². The summed E-state index contributed by atoms with van der Waals surface area (Å²) in [7, 11) is 1.38. The Morgan fingerprint density at radius 2 is 1.73 bits per heavy atom. The molecule has 0 bridgehead atoms. The van der Waals surface area contributed by atoms with E-state index in [1.165, 1.54) is 20.0 Å². The lowest BCUT2D eigenvalue weighted by molar-refractivity contribution is -0.140. The number of ether oxygens (including phenoxy) is 2. The Balaban J connectivity index is 1.56. The number of benzene rings is 1. The summed E-state index contributed by atoms with van der Waals surface area (Å²) in [4.78, 5) is 36.0. The topological polar surface area (TPSA) is 99.5 Å². The van der Waals surface area contributed by atoms with Crippen LogP contribution < -0.4 is 5.32 Å². The number of carbonyl (C=O) groups is 3. The molecule has 0 unspecified atom stereocenters. The van der Waals surface area contributed by atoms with Gasteiger partial charge in [-0.25, -0.2) is 9.48 Å². The minimum Gasteiger partial charge on any atom is -0.469 e. The molecule has 33 heavy (non-hydrogen) atoms. The molecule has 1 aliphatic rings. The maximum atomic E-state index is 12.4. The van der Waals surface area contributed by atoms with E-state index < -0.39 is 5.97 Å². The Labute approximate surface area is 194 Å². The van der Waals surface area contributed by atoms with Crippen molar-refractivity contribution in [3.05, 3.63) is 46.8 Å². The fourth-order valence-corrected chi connectivity index (χ4v) is 4.26. The normalized spacial score (nSPS) is 14.4. The molecule has 8 nitrogen and oxygen atoms in total. The number of aryl methyl sites for hydroxylation is 1. The third-order valence-corrected chi connectivity index (χ3v) is 6.15. The zero-order valence-electron chi connectivity index (χ0n) is 19.7. The van der Waals surface area contributed by atoms with Crippen LogP contribution in [0.2, 0.25) is 0 Å². The SMILES string of the molecule is COC(=O)CCc1c(C)nn(-c2ccc(C(=O)OCC(=O)NC3CCCCCC3)cc2)c1C. The van der Waals surface area contributed by atoms with E-state index in [0.717, 1.165) is 48.3 Å². The maximum Gasteiger partial charge on any atom is 0.338 e. The number of aromatic nitrogens is 2. The van der Waals surface area contributed by atoms with Crippen LogP contribution in [0.1, 0.15) is 72.3 Å². The first-order valence-corrected chi connectivity index (χ1v) is 11.6. The highest BCUT2D eigenvalue weighted by Crippen LogP contribution is 2.20. The predicted molar refractivity (Wildman–Crippen MR) is 123 cm³/mol. The van der Waals surface area contributed by atoms with Crippen LogP contribution in [-0.4, -0.2) is 47.4 Å². The van der Waals surface area contributed by atoms with Crippen LogP contribution in [0.15, 0.2) is 24.3 Å². The lowest BCUT2D eigenvalue weighted by atomic mass is 10.1. The molecule has 0 saturated heterocycles. The smallest absolute Gasteiger partial charge is 0.338 e. The second-order valence-corrected chi connectivity index (χ2v) is 8.52. The fourth-order valence-electron chi connectivity index (χ4n) is 4.26. The molecule has 2 aromatic rings. The molecule has 1 N–H and O–H groups in total. The van der Waals surface area contributed by atoms with Crippen molar-refractivity contribution in [1.82, 2.24) is 15.1 Å². The van der Waals surface area contributed by atoms with E-state index >= 15 is 0 Å². The first-order valence-electron chi connectivity index (χ1n) is 11.6. The highest BCUT2D eigenvalue weighted by atomic mass is 16.5. The Morgan fingerprint density at radius 3 is 2.36 bits per heavy atom. The summed E-state index contributed by atoms with van der Waals surface area (Å²) in [5.41, 5.74) is 3.95. The molecule has 1 aliphatic carbocycles. The van der Waals surface area contributed by atoms with Crippen molar-refractivity contribution < 1.29 is 23.9 Å². The third-order valence-electron chi connectivity index (χ3n) is 6.15. The first kappa shape index (κ1) is 24.5. The van der Waals surface area contributed by atoms with Gasteiger partial charge in [-0.3, -0.25) is 9.59 Å². The maximum absolute atomic E-state index is 12.4. The van der Waals surface area contributed by atoms with Crippen LogP contribution in [0.3, 0.4) is 0 Å². The Morgan fingerprint density at radius 1 is 1.06 bits per heavy atom. The first-order chi connectivity index (χ1) is 15.9. The van der Waals surface area contributed by atoms with E-state index in [9.17, 15) is 14.4 Å². The summed E-state index contributed by atoms with van der Waals surface area (Å²) in [5, 5.41) is 7.55. The van der Waals surface area contributed by atoms with Crippen LogP contribution in [0.25, 0.3) is 5.69 Å². The zero-order chi connectivity index (χ0) is 23.8. The van der Waals surface area contributed by atoms with Crippen molar-refractivity contribution in [2.24, 2.45) is 0 Å². The van der Waals surface area contributed by atoms with E-state index in [4.69, 9.17) is 9.47 Å². The van der Waals surface area contributed by atoms with Crippen molar-refractivity contribution in [2.75, 3.05) is 13.7 Å². The molecule has 8 heteroatoms. The van der Waals surface area contributed by atoms with Gasteiger partial charge in [0, 0.05) is 18.2 Å². The quantitative estimate of drug-likeness (QED) is 0.482. The van der Waals surface area contributed by atoms with E-state index in [2.05, 4.69) is 10.4 Å². The molecule has 0 radical (unpaired) electrons. The van der Waals surface area contributed by atoms with Crippen molar-refractivity contribution in [2.45, 2.75) is 71.3 Å². The van der Waals surface area contributed by atoms with Crippen molar-refractivity contribution in [1.29, 1.82) is 0 Å². The Hall–Kier alpha value is -3.16. The average molecular weight is 456 g/mol. The van der Waals surface area contributed by atoms with Gasteiger partial charge in [-0.15, -0.1) is 0 Å². The van der Waals surface area contributed by atoms with Gasteiger partial charge in [-0.05, 0) is 62.9 Å². The molecular formula is C25H33N3O5. The largest absolute Gasteiger partial charge is 0.469 e. The lowest BCUT2D eigenvalue weighted by Gasteiger charge is -2.16. The summed E-state index contributed by atoms with van der Waals surface area (Å²) >= 11 is 0. The lowest BCUT2D eigenvalue weighted by Crippen LogP contribution is -2.37. The molecule has 0 spiro atoms. The number of carbonyl (C=O) groups excluding carboxylic acids is 3. The minimum absolute atomic E-state index is 0.177. The Bertz CT molecular complexity index is 973. The summed E-state index contributed by atoms with van der Waals surface area (Å²) in [6.07, 6.45) is 7.49. The molecule has 1 saturated carbocycles. The minimum atomic E-state index is -0.537. The number of amides is 1. The highest BCUT2D eigenvalue weighted by Gasteiger charge is 2.17. The number of rotatable bonds is 8. The number of esters is 2. The molecule has 0 atom stereocenters. The molecule has 1 amide bonds. The number of hydrogen-bond donors (Lipinski definition) is 1. The third kappa shape index (κ3) is 6.66.